The van der Waals surface area contributed by atoms with Gasteiger partial charge in [0.15, 0.2) is 0 Å². The Labute approximate surface area is 148 Å². The second kappa shape index (κ2) is 9.59. The molecule has 0 fully saturated rings. The molecule has 1 unspecified atom stereocenters. The van der Waals surface area contributed by atoms with Crippen LogP contribution in [0.1, 0.15) is 38.3 Å². The van der Waals surface area contributed by atoms with E-state index >= 15 is 0 Å². The summed E-state index contributed by atoms with van der Waals surface area (Å²) in [5.74, 6) is -0.132. The number of carbonyl (C=O) groups is 2. The van der Waals surface area contributed by atoms with Gasteiger partial charge in [0, 0.05) is 23.8 Å². The molecule has 3 N–H and O–H groups in total. The summed E-state index contributed by atoms with van der Waals surface area (Å²) < 4.78 is 0. The molecule has 2 amide bonds. The summed E-state index contributed by atoms with van der Waals surface area (Å²) in [5, 5.41) is 8.91. The fourth-order valence-corrected chi connectivity index (χ4v) is 2.49. The van der Waals surface area contributed by atoms with Crippen molar-refractivity contribution in [3.05, 3.63) is 60.2 Å². The van der Waals surface area contributed by atoms with Crippen LogP contribution in [0, 0.1) is 0 Å². The SMILES string of the molecule is CCC(=O)Nc1ccc(NC(=O)CNC(CC)c2ccccc2)cc1. The molecule has 0 saturated heterocycles. The Morgan fingerprint density at radius 1 is 0.840 bits per heavy atom. The van der Waals surface area contributed by atoms with Gasteiger partial charge in [0.05, 0.1) is 6.54 Å². The standard InChI is InChI=1S/C20H25N3O2/c1-3-18(15-8-6-5-7-9-15)21-14-20(25)23-17-12-10-16(11-13-17)22-19(24)4-2/h5-13,18,21H,3-4,14H2,1-2H3,(H,22,24)(H,23,25). The molecule has 0 radical (unpaired) electrons. The zero-order chi connectivity index (χ0) is 18.1. The second-order valence-corrected chi connectivity index (χ2v) is 5.78. The fraction of sp³-hybridized carbons (Fsp3) is 0.300. The lowest BCUT2D eigenvalue weighted by atomic mass is 10.0. The smallest absolute Gasteiger partial charge is 0.238 e. The average molecular weight is 339 g/mol. The Morgan fingerprint density at radius 3 is 1.92 bits per heavy atom. The van der Waals surface area contributed by atoms with Crippen LogP contribution in [0.4, 0.5) is 11.4 Å². The first-order chi connectivity index (χ1) is 12.1. The van der Waals surface area contributed by atoms with Gasteiger partial charge < -0.3 is 16.0 Å². The number of hydrogen-bond donors (Lipinski definition) is 3. The highest BCUT2D eigenvalue weighted by Gasteiger charge is 2.10. The molecule has 0 aromatic heterocycles. The van der Waals surface area contributed by atoms with E-state index in [1.165, 1.54) is 5.56 Å². The van der Waals surface area contributed by atoms with Crippen LogP contribution in [0.2, 0.25) is 0 Å². The fourth-order valence-electron chi connectivity index (χ4n) is 2.49. The highest BCUT2D eigenvalue weighted by Crippen LogP contribution is 2.16. The Morgan fingerprint density at radius 2 is 1.40 bits per heavy atom. The normalized spacial score (nSPS) is 11.6. The van der Waals surface area contributed by atoms with Gasteiger partial charge in [-0.3, -0.25) is 9.59 Å². The van der Waals surface area contributed by atoms with Crippen LogP contribution in [0.15, 0.2) is 54.6 Å². The largest absolute Gasteiger partial charge is 0.326 e. The monoisotopic (exact) mass is 339 g/mol. The molecule has 0 spiro atoms. The number of rotatable bonds is 8. The van der Waals surface area contributed by atoms with Crippen LogP contribution in [-0.2, 0) is 9.59 Å². The lowest BCUT2D eigenvalue weighted by molar-refractivity contribution is -0.116. The zero-order valence-corrected chi connectivity index (χ0v) is 14.7. The van der Waals surface area contributed by atoms with Gasteiger partial charge in [-0.25, -0.2) is 0 Å². The summed E-state index contributed by atoms with van der Waals surface area (Å²) in [4.78, 5) is 23.5. The van der Waals surface area contributed by atoms with E-state index < -0.39 is 0 Å². The summed E-state index contributed by atoms with van der Waals surface area (Å²) in [6.45, 7) is 4.13. The molecular weight excluding hydrogens is 314 g/mol. The number of hydrogen-bond acceptors (Lipinski definition) is 3. The maximum absolute atomic E-state index is 12.1. The molecule has 25 heavy (non-hydrogen) atoms. The Balaban J connectivity index is 1.84. The minimum absolute atomic E-state index is 0.0347. The van der Waals surface area contributed by atoms with E-state index in [1.807, 2.05) is 18.2 Å². The molecule has 0 aliphatic rings. The Bertz CT molecular complexity index is 684. The molecule has 0 aliphatic heterocycles. The topological polar surface area (TPSA) is 70.2 Å². The zero-order valence-electron chi connectivity index (χ0n) is 14.7. The highest BCUT2D eigenvalue weighted by atomic mass is 16.2. The van der Waals surface area contributed by atoms with Gasteiger partial charge in [0.2, 0.25) is 11.8 Å². The molecule has 0 aliphatic carbocycles. The third-order valence-corrected chi connectivity index (χ3v) is 3.89. The second-order valence-electron chi connectivity index (χ2n) is 5.78. The van der Waals surface area contributed by atoms with Gasteiger partial charge >= 0.3 is 0 Å². The van der Waals surface area contributed by atoms with E-state index in [9.17, 15) is 9.59 Å². The van der Waals surface area contributed by atoms with E-state index in [4.69, 9.17) is 0 Å². The number of amides is 2. The van der Waals surface area contributed by atoms with Crippen molar-refractivity contribution in [2.75, 3.05) is 17.2 Å². The lowest BCUT2D eigenvalue weighted by Crippen LogP contribution is -2.31. The van der Waals surface area contributed by atoms with Crippen LogP contribution in [0.5, 0.6) is 0 Å². The third kappa shape index (κ3) is 6.04. The molecule has 0 bridgehead atoms. The van der Waals surface area contributed by atoms with Gasteiger partial charge in [0.1, 0.15) is 0 Å². The van der Waals surface area contributed by atoms with E-state index in [0.29, 0.717) is 12.1 Å². The van der Waals surface area contributed by atoms with Crippen molar-refractivity contribution in [3.8, 4) is 0 Å². The van der Waals surface area contributed by atoms with Crippen molar-refractivity contribution in [2.45, 2.75) is 32.7 Å². The average Bonchev–Trinajstić information content (AvgIpc) is 2.64. The van der Waals surface area contributed by atoms with Crippen molar-refractivity contribution < 1.29 is 9.59 Å². The Kier molecular flexibility index (Phi) is 7.16. The van der Waals surface area contributed by atoms with E-state index in [2.05, 4.69) is 35.0 Å². The number of benzene rings is 2. The first-order valence-corrected chi connectivity index (χ1v) is 8.60. The van der Waals surface area contributed by atoms with Gasteiger partial charge in [-0.05, 0) is 36.2 Å². The summed E-state index contributed by atoms with van der Waals surface area (Å²) in [5.41, 5.74) is 2.60. The minimum Gasteiger partial charge on any atom is -0.326 e. The van der Waals surface area contributed by atoms with E-state index in [1.54, 1.807) is 31.2 Å². The molecule has 2 aromatic carbocycles. The molecule has 132 valence electrons. The maximum atomic E-state index is 12.1. The van der Waals surface area contributed by atoms with Crippen LogP contribution < -0.4 is 16.0 Å². The molecule has 5 nitrogen and oxygen atoms in total. The van der Waals surface area contributed by atoms with Gasteiger partial charge in [-0.15, -0.1) is 0 Å². The van der Waals surface area contributed by atoms with Crippen LogP contribution in [-0.4, -0.2) is 18.4 Å². The molecule has 2 aromatic rings. The molecule has 0 heterocycles. The van der Waals surface area contributed by atoms with Crippen LogP contribution in [0.25, 0.3) is 0 Å². The quantitative estimate of drug-likeness (QED) is 0.686. The van der Waals surface area contributed by atoms with Crippen molar-refractivity contribution in [2.24, 2.45) is 0 Å². The predicted molar refractivity (Wildman–Crippen MR) is 101 cm³/mol. The summed E-state index contributed by atoms with van der Waals surface area (Å²) in [6.07, 6.45) is 1.34. The Hall–Kier alpha value is -2.66. The molecular formula is C20H25N3O2. The molecule has 0 saturated carbocycles. The van der Waals surface area contributed by atoms with Gasteiger partial charge in [-0.1, -0.05) is 44.2 Å². The summed E-state index contributed by atoms with van der Waals surface area (Å²) in [7, 11) is 0. The lowest BCUT2D eigenvalue weighted by Gasteiger charge is -2.17. The summed E-state index contributed by atoms with van der Waals surface area (Å²) in [6, 6.07) is 17.3. The highest BCUT2D eigenvalue weighted by molar-refractivity contribution is 5.93. The number of anilines is 2. The van der Waals surface area contributed by atoms with Crippen molar-refractivity contribution in [1.29, 1.82) is 0 Å². The predicted octanol–water partition coefficient (Wildman–Crippen LogP) is 3.71. The van der Waals surface area contributed by atoms with Gasteiger partial charge in [0.25, 0.3) is 0 Å². The first-order valence-electron chi connectivity index (χ1n) is 8.60. The minimum atomic E-state index is -0.0975. The number of nitrogens with one attached hydrogen (secondary N) is 3. The first kappa shape index (κ1) is 18.7. The van der Waals surface area contributed by atoms with E-state index in [0.717, 1.165) is 12.1 Å². The van der Waals surface area contributed by atoms with E-state index in [-0.39, 0.29) is 24.4 Å². The molecule has 1 atom stereocenters. The molecule has 5 heteroatoms. The molecule has 2 rings (SSSR count). The van der Waals surface area contributed by atoms with Crippen molar-refractivity contribution in [3.63, 3.8) is 0 Å². The number of carbonyl (C=O) groups excluding carboxylic acids is 2. The van der Waals surface area contributed by atoms with Crippen LogP contribution in [0.3, 0.4) is 0 Å². The van der Waals surface area contributed by atoms with Crippen LogP contribution >= 0.6 is 0 Å². The van der Waals surface area contributed by atoms with Gasteiger partial charge in [-0.2, -0.15) is 0 Å². The van der Waals surface area contributed by atoms with Crippen molar-refractivity contribution >= 4 is 23.2 Å². The van der Waals surface area contributed by atoms with Crippen molar-refractivity contribution in [1.82, 2.24) is 5.32 Å². The summed E-state index contributed by atoms with van der Waals surface area (Å²) >= 11 is 0. The third-order valence-electron chi connectivity index (χ3n) is 3.89. The maximum Gasteiger partial charge on any atom is 0.238 e.